The van der Waals surface area contributed by atoms with Gasteiger partial charge in [0.15, 0.2) is 5.82 Å². The van der Waals surface area contributed by atoms with Crippen molar-refractivity contribution in [2.24, 2.45) is 0 Å². The van der Waals surface area contributed by atoms with E-state index in [0.717, 1.165) is 29.1 Å². The summed E-state index contributed by atoms with van der Waals surface area (Å²) in [6.45, 7) is 5.19. The van der Waals surface area contributed by atoms with Gasteiger partial charge in [0, 0.05) is 24.1 Å². The number of anilines is 1. The number of aromatic nitrogens is 2. The van der Waals surface area contributed by atoms with Gasteiger partial charge in [0.25, 0.3) is 0 Å². The number of halogens is 1. The molecule has 0 amide bonds. The smallest absolute Gasteiger partial charge is 0.150 e. The van der Waals surface area contributed by atoms with E-state index in [0.29, 0.717) is 6.04 Å². The minimum absolute atomic E-state index is 0.623. The minimum atomic E-state index is 0.623. The van der Waals surface area contributed by atoms with E-state index < -0.39 is 0 Å². The van der Waals surface area contributed by atoms with Crippen LogP contribution in [0.2, 0.25) is 0 Å². The van der Waals surface area contributed by atoms with Gasteiger partial charge < -0.3 is 4.90 Å². The van der Waals surface area contributed by atoms with Gasteiger partial charge in [-0.2, -0.15) is 0 Å². The molecule has 0 radical (unpaired) electrons. The van der Waals surface area contributed by atoms with Crippen molar-refractivity contribution < 1.29 is 0 Å². The molecule has 1 unspecified atom stereocenters. The monoisotopic (exact) mass is 297 g/mol. The first-order valence-corrected chi connectivity index (χ1v) is 7.47. The Balaban J connectivity index is 2.25. The average molecular weight is 298 g/mol. The van der Waals surface area contributed by atoms with Crippen LogP contribution < -0.4 is 4.90 Å². The standard InChI is InChI=1S/C13H20BrN3/c1-10-9-15-11(2)13(16-10)17-8-4-3-5-12(17)6-7-14/h9,12H,3-8H2,1-2H3. The van der Waals surface area contributed by atoms with Crippen LogP contribution in [0.4, 0.5) is 5.82 Å². The van der Waals surface area contributed by atoms with Crippen LogP contribution in [0.1, 0.15) is 37.1 Å². The van der Waals surface area contributed by atoms with Crippen LogP contribution in [0.5, 0.6) is 0 Å². The summed E-state index contributed by atoms with van der Waals surface area (Å²) in [5, 5.41) is 1.06. The lowest BCUT2D eigenvalue weighted by Gasteiger charge is -2.37. The second-order valence-corrected chi connectivity index (χ2v) is 5.53. The maximum atomic E-state index is 4.68. The van der Waals surface area contributed by atoms with Crippen molar-refractivity contribution in [3.8, 4) is 0 Å². The Labute approximate surface area is 112 Å². The van der Waals surface area contributed by atoms with E-state index in [1.165, 1.54) is 25.7 Å². The maximum Gasteiger partial charge on any atom is 0.150 e. The van der Waals surface area contributed by atoms with Crippen molar-refractivity contribution in [1.82, 2.24) is 9.97 Å². The zero-order valence-corrected chi connectivity index (χ0v) is 12.2. The summed E-state index contributed by atoms with van der Waals surface area (Å²) in [5.41, 5.74) is 2.06. The Morgan fingerprint density at radius 1 is 1.41 bits per heavy atom. The quantitative estimate of drug-likeness (QED) is 0.802. The van der Waals surface area contributed by atoms with Crippen LogP contribution in [0.3, 0.4) is 0 Å². The van der Waals surface area contributed by atoms with Gasteiger partial charge in [0.1, 0.15) is 0 Å². The van der Waals surface area contributed by atoms with Crippen molar-refractivity contribution >= 4 is 21.7 Å². The molecule has 1 atom stereocenters. The van der Waals surface area contributed by atoms with E-state index in [1.807, 2.05) is 13.1 Å². The third-order valence-corrected chi connectivity index (χ3v) is 3.85. The normalized spacial score (nSPS) is 20.6. The van der Waals surface area contributed by atoms with Crippen LogP contribution in [-0.4, -0.2) is 27.9 Å². The van der Waals surface area contributed by atoms with Gasteiger partial charge in [0.05, 0.1) is 11.4 Å². The van der Waals surface area contributed by atoms with Crippen LogP contribution in [0.15, 0.2) is 6.20 Å². The van der Waals surface area contributed by atoms with Crippen LogP contribution in [0.25, 0.3) is 0 Å². The van der Waals surface area contributed by atoms with Gasteiger partial charge >= 0.3 is 0 Å². The topological polar surface area (TPSA) is 29.0 Å². The van der Waals surface area contributed by atoms with Crippen molar-refractivity contribution in [3.05, 3.63) is 17.6 Å². The van der Waals surface area contributed by atoms with Gasteiger partial charge in [-0.05, 0) is 39.5 Å². The fraction of sp³-hybridized carbons (Fsp3) is 0.692. The molecular weight excluding hydrogens is 278 g/mol. The Bertz CT molecular complexity index is 379. The first-order chi connectivity index (χ1) is 8.22. The second kappa shape index (κ2) is 5.80. The highest BCUT2D eigenvalue weighted by molar-refractivity contribution is 9.09. The van der Waals surface area contributed by atoms with Crippen molar-refractivity contribution in [1.29, 1.82) is 0 Å². The third-order valence-electron chi connectivity index (χ3n) is 3.39. The molecule has 94 valence electrons. The van der Waals surface area contributed by atoms with Crippen molar-refractivity contribution in [2.75, 3.05) is 16.8 Å². The summed E-state index contributed by atoms with van der Waals surface area (Å²) < 4.78 is 0. The Kier molecular flexibility index (Phi) is 4.37. The summed E-state index contributed by atoms with van der Waals surface area (Å²) in [7, 11) is 0. The summed E-state index contributed by atoms with van der Waals surface area (Å²) in [6.07, 6.45) is 6.93. The first kappa shape index (κ1) is 12.8. The molecule has 0 bridgehead atoms. The first-order valence-electron chi connectivity index (χ1n) is 6.35. The number of aryl methyl sites for hydroxylation is 2. The molecule has 1 aliphatic heterocycles. The van der Waals surface area contributed by atoms with Crippen molar-refractivity contribution in [2.45, 2.75) is 45.6 Å². The number of piperidine rings is 1. The SMILES string of the molecule is Cc1cnc(C)c(N2CCCCC2CCBr)n1. The fourth-order valence-corrected chi connectivity index (χ4v) is 3.03. The molecule has 17 heavy (non-hydrogen) atoms. The molecule has 3 nitrogen and oxygen atoms in total. The van der Waals surface area contributed by atoms with E-state index >= 15 is 0 Å². The lowest BCUT2D eigenvalue weighted by Crippen LogP contribution is -2.41. The molecule has 4 heteroatoms. The Morgan fingerprint density at radius 2 is 2.24 bits per heavy atom. The van der Waals surface area contributed by atoms with Crippen LogP contribution in [0, 0.1) is 13.8 Å². The predicted octanol–water partition coefficient (Wildman–Crippen LogP) is 3.24. The van der Waals surface area contributed by atoms with Gasteiger partial charge in [-0.15, -0.1) is 0 Å². The summed E-state index contributed by atoms with van der Waals surface area (Å²) in [5.74, 6) is 1.09. The number of nitrogens with zero attached hydrogens (tertiary/aromatic N) is 3. The molecule has 0 spiro atoms. The second-order valence-electron chi connectivity index (χ2n) is 4.74. The predicted molar refractivity (Wildman–Crippen MR) is 74.9 cm³/mol. The van der Waals surface area contributed by atoms with Gasteiger partial charge in [-0.3, -0.25) is 4.98 Å². The highest BCUT2D eigenvalue weighted by Gasteiger charge is 2.24. The molecule has 2 heterocycles. The molecule has 1 aliphatic rings. The van der Waals surface area contributed by atoms with Gasteiger partial charge in [-0.25, -0.2) is 4.98 Å². The van der Waals surface area contributed by atoms with E-state index in [1.54, 1.807) is 0 Å². The van der Waals surface area contributed by atoms with E-state index in [2.05, 4.69) is 37.7 Å². The van der Waals surface area contributed by atoms with E-state index in [9.17, 15) is 0 Å². The van der Waals surface area contributed by atoms with Gasteiger partial charge in [-0.1, -0.05) is 15.9 Å². The Morgan fingerprint density at radius 3 is 3.00 bits per heavy atom. The van der Waals surface area contributed by atoms with E-state index in [-0.39, 0.29) is 0 Å². The molecule has 0 N–H and O–H groups in total. The molecule has 0 saturated carbocycles. The average Bonchev–Trinajstić information content (AvgIpc) is 2.34. The van der Waals surface area contributed by atoms with Crippen LogP contribution >= 0.6 is 15.9 Å². The third kappa shape index (κ3) is 2.97. The molecule has 1 saturated heterocycles. The number of hydrogen-bond acceptors (Lipinski definition) is 3. The van der Waals surface area contributed by atoms with Gasteiger partial charge in [0.2, 0.25) is 0 Å². The highest BCUT2D eigenvalue weighted by Crippen LogP contribution is 2.27. The molecule has 0 aliphatic carbocycles. The molecule has 1 aromatic heterocycles. The lowest BCUT2D eigenvalue weighted by molar-refractivity contribution is 0.448. The summed E-state index contributed by atoms with van der Waals surface area (Å²) in [6, 6.07) is 0.623. The number of hydrogen-bond donors (Lipinski definition) is 0. The summed E-state index contributed by atoms with van der Waals surface area (Å²) in [4.78, 5) is 11.6. The van der Waals surface area contributed by atoms with Crippen molar-refractivity contribution in [3.63, 3.8) is 0 Å². The minimum Gasteiger partial charge on any atom is -0.352 e. The molecular formula is C13H20BrN3. The Hall–Kier alpha value is -0.640. The maximum absolute atomic E-state index is 4.68. The molecule has 1 fully saturated rings. The number of rotatable bonds is 3. The van der Waals surface area contributed by atoms with Crippen LogP contribution in [-0.2, 0) is 0 Å². The highest BCUT2D eigenvalue weighted by atomic mass is 79.9. The molecule has 2 rings (SSSR count). The largest absolute Gasteiger partial charge is 0.352 e. The zero-order valence-electron chi connectivity index (χ0n) is 10.6. The van der Waals surface area contributed by atoms with E-state index in [4.69, 9.17) is 0 Å². The summed E-state index contributed by atoms with van der Waals surface area (Å²) >= 11 is 3.56. The molecule has 0 aromatic carbocycles. The zero-order chi connectivity index (χ0) is 12.3. The fourth-order valence-electron chi connectivity index (χ4n) is 2.50. The lowest BCUT2D eigenvalue weighted by atomic mass is 10.00. The number of alkyl halides is 1. The molecule has 1 aromatic rings.